The number of carbonyl (C=O) groups is 1. The van der Waals surface area contributed by atoms with Crippen LogP contribution in [-0.2, 0) is 6.54 Å². The van der Waals surface area contributed by atoms with Gasteiger partial charge in [0.15, 0.2) is 0 Å². The minimum atomic E-state index is -0.249. The normalized spacial score (nSPS) is 10.9. The summed E-state index contributed by atoms with van der Waals surface area (Å²) in [6.07, 6.45) is 3.08. The quantitative estimate of drug-likeness (QED) is 0.738. The van der Waals surface area contributed by atoms with Crippen molar-refractivity contribution < 1.29 is 9.90 Å². The Morgan fingerprint density at radius 2 is 1.92 bits per heavy atom. The first kappa shape index (κ1) is 17.8. The van der Waals surface area contributed by atoms with Crippen LogP contribution in [-0.4, -0.2) is 39.0 Å². The molecule has 0 aliphatic carbocycles. The van der Waals surface area contributed by atoms with Gasteiger partial charge in [0.2, 0.25) is 0 Å². The zero-order chi connectivity index (χ0) is 18.7. The molecule has 0 saturated carbocycles. The Morgan fingerprint density at radius 1 is 1.19 bits per heavy atom. The van der Waals surface area contributed by atoms with Crippen LogP contribution in [0.25, 0.3) is 10.9 Å². The highest BCUT2D eigenvalue weighted by atomic mass is 16.3. The lowest BCUT2D eigenvalue weighted by atomic mass is 10.0. The Balaban J connectivity index is 1.98. The van der Waals surface area contributed by atoms with Gasteiger partial charge in [-0.05, 0) is 49.2 Å². The summed E-state index contributed by atoms with van der Waals surface area (Å²) in [7, 11) is 0. The first-order valence-corrected chi connectivity index (χ1v) is 8.43. The molecule has 2 aromatic heterocycles. The summed E-state index contributed by atoms with van der Waals surface area (Å²) >= 11 is 0. The summed E-state index contributed by atoms with van der Waals surface area (Å²) < 4.78 is 0. The van der Waals surface area contributed by atoms with Crippen molar-refractivity contribution in [2.45, 2.75) is 20.4 Å². The molecule has 0 aliphatic heterocycles. The third-order valence-corrected chi connectivity index (χ3v) is 4.34. The van der Waals surface area contributed by atoms with Gasteiger partial charge in [-0.3, -0.25) is 14.6 Å². The van der Waals surface area contributed by atoms with E-state index in [0.717, 1.165) is 22.0 Å². The van der Waals surface area contributed by atoms with Gasteiger partial charge in [0, 0.05) is 41.0 Å². The molecule has 134 valence electrons. The fraction of sp³-hybridized carbons (Fsp3) is 0.250. The summed E-state index contributed by atoms with van der Waals surface area (Å²) in [5.74, 6) is -0.249. The molecule has 0 fully saturated rings. The van der Waals surface area contributed by atoms with Crippen LogP contribution in [0.3, 0.4) is 0 Å². The number of pyridine rings is 2. The SMILES string of the molecule is Cc1cc(C)c2cc(CN(CCO)C(=O)c3ccncc3)c(=O)[nH]c2c1. The van der Waals surface area contributed by atoms with Gasteiger partial charge in [0.1, 0.15) is 0 Å². The predicted octanol–water partition coefficient (Wildman–Crippen LogP) is 2.17. The second-order valence-corrected chi connectivity index (χ2v) is 6.35. The molecule has 0 atom stereocenters. The fourth-order valence-electron chi connectivity index (χ4n) is 3.09. The van der Waals surface area contributed by atoms with Crippen LogP contribution in [0, 0.1) is 13.8 Å². The molecule has 0 radical (unpaired) electrons. The van der Waals surface area contributed by atoms with Crippen molar-refractivity contribution in [3.05, 3.63) is 75.3 Å². The van der Waals surface area contributed by atoms with E-state index >= 15 is 0 Å². The van der Waals surface area contributed by atoms with Crippen LogP contribution in [0.2, 0.25) is 0 Å². The van der Waals surface area contributed by atoms with Crippen molar-refractivity contribution in [1.29, 1.82) is 0 Å². The number of amides is 1. The molecule has 0 unspecified atom stereocenters. The molecule has 0 bridgehead atoms. The number of aryl methyl sites for hydroxylation is 2. The maximum atomic E-state index is 12.7. The van der Waals surface area contributed by atoms with Crippen molar-refractivity contribution in [3.63, 3.8) is 0 Å². The molecule has 1 aromatic carbocycles. The lowest BCUT2D eigenvalue weighted by Crippen LogP contribution is -2.35. The van der Waals surface area contributed by atoms with Gasteiger partial charge in [-0.15, -0.1) is 0 Å². The van der Waals surface area contributed by atoms with Crippen LogP contribution in [0.5, 0.6) is 0 Å². The number of carbonyl (C=O) groups excluding carboxylic acids is 1. The third-order valence-electron chi connectivity index (χ3n) is 4.34. The van der Waals surface area contributed by atoms with Crippen molar-refractivity contribution in [2.24, 2.45) is 0 Å². The number of hydrogen-bond acceptors (Lipinski definition) is 4. The van der Waals surface area contributed by atoms with Gasteiger partial charge >= 0.3 is 0 Å². The minimum absolute atomic E-state index is 0.125. The van der Waals surface area contributed by atoms with Crippen LogP contribution in [0.1, 0.15) is 27.0 Å². The summed E-state index contributed by atoms with van der Waals surface area (Å²) in [5, 5.41) is 10.3. The van der Waals surface area contributed by atoms with E-state index in [1.54, 1.807) is 24.5 Å². The van der Waals surface area contributed by atoms with Crippen LogP contribution >= 0.6 is 0 Å². The standard InChI is InChI=1S/C20H21N3O3/c1-13-9-14(2)17-11-16(19(25)22-18(17)10-13)12-23(7-8-24)20(26)15-3-5-21-6-4-15/h3-6,9-11,24H,7-8,12H2,1-2H3,(H,22,25). The number of aromatic nitrogens is 2. The number of nitrogens with zero attached hydrogens (tertiary/aromatic N) is 2. The Morgan fingerprint density at radius 3 is 2.62 bits per heavy atom. The molecule has 0 spiro atoms. The van der Waals surface area contributed by atoms with E-state index in [-0.39, 0.29) is 31.2 Å². The second kappa shape index (κ2) is 7.49. The van der Waals surface area contributed by atoms with E-state index in [2.05, 4.69) is 16.0 Å². The molecular weight excluding hydrogens is 330 g/mol. The minimum Gasteiger partial charge on any atom is -0.395 e. The van der Waals surface area contributed by atoms with Crippen molar-refractivity contribution in [2.75, 3.05) is 13.2 Å². The molecule has 1 amide bonds. The molecule has 6 heteroatoms. The van der Waals surface area contributed by atoms with E-state index < -0.39 is 0 Å². The predicted molar refractivity (Wildman–Crippen MR) is 100 cm³/mol. The maximum absolute atomic E-state index is 12.7. The Kier molecular flexibility index (Phi) is 5.14. The second-order valence-electron chi connectivity index (χ2n) is 6.35. The van der Waals surface area contributed by atoms with E-state index in [4.69, 9.17) is 0 Å². The van der Waals surface area contributed by atoms with Gasteiger partial charge in [-0.1, -0.05) is 6.07 Å². The molecule has 0 saturated heterocycles. The van der Waals surface area contributed by atoms with Gasteiger partial charge in [0.25, 0.3) is 11.5 Å². The largest absolute Gasteiger partial charge is 0.395 e. The average Bonchev–Trinajstić information content (AvgIpc) is 2.62. The van der Waals surface area contributed by atoms with Gasteiger partial charge in [-0.2, -0.15) is 0 Å². The zero-order valence-corrected chi connectivity index (χ0v) is 14.8. The smallest absolute Gasteiger partial charge is 0.254 e. The Bertz CT molecular complexity index is 996. The Hall–Kier alpha value is -2.99. The highest BCUT2D eigenvalue weighted by Crippen LogP contribution is 2.19. The van der Waals surface area contributed by atoms with Crippen molar-refractivity contribution in [3.8, 4) is 0 Å². The molecule has 2 heterocycles. The molecule has 0 aliphatic rings. The number of aliphatic hydroxyl groups is 1. The van der Waals surface area contributed by atoms with Crippen LogP contribution in [0.15, 0.2) is 47.5 Å². The molecule has 2 N–H and O–H groups in total. The monoisotopic (exact) mass is 351 g/mol. The van der Waals surface area contributed by atoms with E-state index in [1.165, 1.54) is 4.90 Å². The lowest BCUT2D eigenvalue weighted by Gasteiger charge is -2.22. The van der Waals surface area contributed by atoms with Gasteiger partial charge in [0.05, 0.1) is 13.2 Å². The van der Waals surface area contributed by atoms with E-state index in [1.807, 2.05) is 26.0 Å². The topological polar surface area (TPSA) is 86.3 Å². The number of benzene rings is 1. The number of fused-ring (bicyclic) bond motifs is 1. The average molecular weight is 351 g/mol. The van der Waals surface area contributed by atoms with Gasteiger partial charge < -0.3 is 15.0 Å². The van der Waals surface area contributed by atoms with E-state index in [9.17, 15) is 14.7 Å². The number of nitrogens with one attached hydrogen (secondary N) is 1. The number of H-pyrrole nitrogens is 1. The highest BCUT2D eigenvalue weighted by Gasteiger charge is 2.17. The highest BCUT2D eigenvalue weighted by molar-refractivity contribution is 5.94. The first-order valence-electron chi connectivity index (χ1n) is 8.43. The molecular formula is C20H21N3O3. The summed E-state index contributed by atoms with van der Waals surface area (Å²) in [6, 6.07) is 9.04. The lowest BCUT2D eigenvalue weighted by molar-refractivity contribution is 0.0707. The van der Waals surface area contributed by atoms with Gasteiger partial charge in [-0.25, -0.2) is 0 Å². The molecule has 3 rings (SSSR count). The first-order chi connectivity index (χ1) is 12.5. The summed E-state index contributed by atoms with van der Waals surface area (Å²) in [6.45, 7) is 4.06. The van der Waals surface area contributed by atoms with Crippen LogP contribution < -0.4 is 5.56 Å². The summed E-state index contributed by atoms with van der Waals surface area (Å²) in [5.41, 5.74) is 3.65. The number of aromatic amines is 1. The number of rotatable bonds is 5. The molecule has 26 heavy (non-hydrogen) atoms. The zero-order valence-electron chi connectivity index (χ0n) is 14.8. The fourth-order valence-corrected chi connectivity index (χ4v) is 3.09. The molecule has 6 nitrogen and oxygen atoms in total. The number of hydrogen-bond donors (Lipinski definition) is 2. The maximum Gasteiger partial charge on any atom is 0.254 e. The number of aliphatic hydroxyl groups excluding tert-OH is 1. The van der Waals surface area contributed by atoms with Crippen molar-refractivity contribution >= 4 is 16.8 Å². The third kappa shape index (κ3) is 3.65. The van der Waals surface area contributed by atoms with Crippen LogP contribution in [0.4, 0.5) is 0 Å². The summed E-state index contributed by atoms with van der Waals surface area (Å²) in [4.78, 5) is 33.5. The molecule has 3 aromatic rings. The Labute approximate surface area is 151 Å². The van der Waals surface area contributed by atoms with Crippen molar-refractivity contribution in [1.82, 2.24) is 14.9 Å². The van der Waals surface area contributed by atoms with E-state index in [0.29, 0.717) is 11.1 Å².